The van der Waals surface area contributed by atoms with E-state index < -0.39 is 6.61 Å². The summed E-state index contributed by atoms with van der Waals surface area (Å²) >= 11 is 0. The van der Waals surface area contributed by atoms with Gasteiger partial charge in [-0.05, 0) is 36.2 Å². The number of benzene rings is 2. The molecule has 3 rings (SSSR count). The van der Waals surface area contributed by atoms with E-state index >= 15 is 0 Å². The summed E-state index contributed by atoms with van der Waals surface area (Å²) in [5.41, 5.74) is 2.83. The minimum Gasteiger partial charge on any atom is -0.435 e. The van der Waals surface area contributed by atoms with Gasteiger partial charge in [0, 0.05) is 6.54 Å². The van der Waals surface area contributed by atoms with E-state index in [1.54, 1.807) is 16.8 Å². The molecule has 0 atom stereocenters. The van der Waals surface area contributed by atoms with Gasteiger partial charge in [-0.1, -0.05) is 37.3 Å². The van der Waals surface area contributed by atoms with Gasteiger partial charge in [-0.3, -0.25) is 4.79 Å². The van der Waals surface area contributed by atoms with Crippen LogP contribution in [0.15, 0.2) is 60.8 Å². The van der Waals surface area contributed by atoms with Crippen LogP contribution in [0.2, 0.25) is 0 Å². The number of carbonyl (C=O) groups excluding carboxylic acids is 1. The van der Waals surface area contributed by atoms with Crippen molar-refractivity contribution in [2.75, 3.05) is 0 Å². The van der Waals surface area contributed by atoms with Gasteiger partial charge < -0.3 is 10.1 Å². The van der Waals surface area contributed by atoms with Gasteiger partial charge in [-0.15, -0.1) is 0 Å². The normalized spacial score (nSPS) is 10.8. The molecule has 0 unspecified atom stereocenters. The van der Waals surface area contributed by atoms with E-state index in [0.29, 0.717) is 17.5 Å². The molecule has 2 aromatic carbocycles. The van der Waals surface area contributed by atoms with Crippen molar-refractivity contribution in [3.05, 3.63) is 77.6 Å². The molecule has 7 heteroatoms. The van der Waals surface area contributed by atoms with Crippen molar-refractivity contribution in [3.63, 3.8) is 0 Å². The molecule has 0 spiro atoms. The lowest BCUT2D eigenvalue weighted by Gasteiger charge is -2.10. The fraction of sp³-hybridized carbons (Fsp3) is 0.200. The molecule has 1 aromatic heterocycles. The van der Waals surface area contributed by atoms with E-state index in [2.05, 4.69) is 15.2 Å². The Kier molecular flexibility index (Phi) is 5.80. The summed E-state index contributed by atoms with van der Waals surface area (Å²) in [6, 6.07) is 15.8. The molecule has 0 saturated heterocycles. The maximum atomic E-state index is 12.6. The Bertz CT molecular complexity index is 911. The third-order valence-electron chi connectivity index (χ3n) is 4.03. The predicted octanol–water partition coefficient (Wildman–Crippen LogP) is 3.97. The first-order valence-electron chi connectivity index (χ1n) is 8.52. The Morgan fingerprint density at radius 2 is 1.96 bits per heavy atom. The number of halogens is 2. The largest absolute Gasteiger partial charge is 0.435 e. The molecule has 27 heavy (non-hydrogen) atoms. The van der Waals surface area contributed by atoms with E-state index in [9.17, 15) is 13.6 Å². The summed E-state index contributed by atoms with van der Waals surface area (Å²) in [6.07, 6.45) is 2.17. The molecule has 0 aliphatic rings. The Labute approximate surface area is 155 Å². The van der Waals surface area contributed by atoms with Crippen LogP contribution in [0.25, 0.3) is 5.69 Å². The number of nitrogens with one attached hydrogen (secondary N) is 1. The quantitative estimate of drug-likeness (QED) is 0.684. The third kappa shape index (κ3) is 4.49. The first kappa shape index (κ1) is 18.6. The van der Waals surface area contributed by atoms with Crippen molar-refractivity contribution >= 4 is 5.91 Å². The number of aromatic nitrogens is 2. The Morgan fingerprint density at radius 1 is 1.19 bits per heavy atom. The summed E-state index contributed by atoms with van der Waals surface area (Å²) in [5, 5.41) is 7.13. The van der Waals surface area contributed by atoms with Crippen LogP contribution in [-0.4, -0.2) is 22.3 Å². The van der Waals surface area contributed by atoms with Crippen LogP contribution >= 0.6 is 0 Å². The molecule has 1 heterocycles. The zero-order chi connectivity index (χ0) is 19.2. The second kappa shape index (κ2) is 8.44. The lowest BCUT2D eigenvalue weighted by Crippen LogP contribution is -2.23. The molecule has 0 radical (unpaired) electrons. The summed E-state index contributed by atoms with van der Waals surface area (Å²) < 4.78 is 30.7. The number of carbonyl (C=O) groups is 1. The molecule has 5 nitrogen and oxygen atoms in total. The molecule has 0 bridgehead atoms. The Hall–Kier alpha value is -3.22. The van der Waals surface area contributed by atoms with Gasteiger partial charge >= 0.3 is 6.61 Å². The second-order valence-corrected chi connectivity index (χ2v) is 5.81. The molecular weight excluding hydrogens is 352 g/mol. The molecular formula is C20H19F2N3O2. The van der Waals surface area contributed by atoms with Gasteiger partial charge in [0.05, 0.1) is 23.1 Å². The number of para-hydroxylation sites is 1. The summed E-state index contributed by atoms with van der Waals surface area (Å²) in [5.74, 6) is -0.211. The van der Waals surface area contributed by atoms with Gasteiger partial charge in [-0.2, -0.15) is 13.9 Å². The van der Waals surface area contributed by atoms with Crippen LogP contribution in [0.4, 0.5) is 8.78 Å². The number of alkyl halides is 2. The van der Waals surface area contributed by atoms with E-state index in [0.717, 1.165) is 11.4 Å². The highest BCUT2D eigenvalue weighted by molar-refractivity contribution is 5.95. The fourth-order valence-corrected chi connectivity index (χ4v) is 2.80. The molecule has 0 aliphatic carbocycles. The van der Waals surface area contributed by atoms with Crippen molar-refractivity contribution in [1.29, 1.82) is 0 Å². The topological polar surface area (TPSA) is 56.1 Å². The Balaban J connectivity index is 1.73. The number of nitrogens with zero attached hydrogens (tertiary/aromatic N) is 2. The zero-order valence-electron chi connectivity index (χ0n) is 14.7. The van der Waals surface area contributed by atoms with E-state index in [-0.39, 0.29) is 18.2 Å². The molecule has 140 valence electrons. The highest BCUT2D eigenvalue weighted by atomic mass is 19.3. The van der Waals surface area contributed by atoms with E-state index in [1.165, 1.54) is 18.3 Å². The Morgan fingerprint density at radius 3 is 2.67 bits per heavy atom. The molecule has 1 amide bonds. The van der Waals surface area contributed by atoms with Crippen LogP contribution < -0.4 is 10.1 Å². The highest BCUT2D eigenvalue weighted by Gasteiger charge is 2.17. The summed E-state index contributed by atoms with van der Waals surface area (Å²) in [4.78, 5) is 12.6. The number of hydrogen-bond donors (Lipinski definition) is 1. The van der Waals surface area contributed by atoms with Gasteiger partial charge in [0.2, 0.25) is 0 Å². The summed E-state index contributed by atoms with van der Waals surface area (Å²) in [6.45, 7) is -0.733. The average Bonchev–Trinajstić information content (AvgIpc) is 3.11. The van der Waals surface area contributed by atoms with Crippen molar-refractivity contribution in [1.82, 2.24) is 15.1 Å². The van der Waals surface area contributed by atoms with Crippen LogP contribution in [0, 0.1) is 0 Å². The van der Waals surface area contributed by atoms with Crippen LogP contribution in [-0.2, 0) is 13.0 Å². The van der Waals surface area contributed by atoms with Gasteiger partial charge in [0.1, 0.15) is 5.75 Å². The third-order valence-corrected chi connectivity index (χ3v) is 4.03. The fourth-order valence-electron chi connectivity index (χ4n) is 2.80. The lowest BCUT2D eigenvalue weighted by atomic mass is 10.1. The van der Waals surface area contributed by atoms with E-state index in [1.807, 2.05) is 37.3 Å². The lowest BCUT2D eigenvalue weighted by molar-refractivity contribution is -0.0498. The monoisotopic (exact) mass is 371 g/mol. The maximum Gasteiger partial charge on any atom is 0.387 e. The number of amides is 1. The summed E-state index contributed by atoms with van der Waals surface area (Å²) in [7, 11) is 0. The minimum atomic E-state index is -2.88. The van der Waals surface area contributed by atoms with Crippen LogP contribution in [0.3, 0.4) is 0 Å². The van der Waals surface area contributed by atoms with E-state index in [4.69, 9.17) is 0 Å². The van der Waals surface area contributed by atoms with Crippen molar-refractivity contribution in [3.8, 4) is 11.4 Å². The molecule has 0 saturated carbocycles. The zero-order valence-corrected chi connectivity index (χ0v) is 14.7. The number of ether oxygens (including phenoxy) is 1. The van der Waals surface area contributed by atoms with Crippen LogP contribution in [0.5, 0.6) is 5.75 Å². The molecule has 0 fully saturated rings. The number of hydrogen-bond acceptors (Lipinski definition) is 3. The first-order valence-corrected chi connectivity index (χ1v) is 8.52. The smallest absolute Gasteiger partial charge is 0.387 e. The predicted molar refractivity (Wildman–Crippen MR) is 97.2 cm³/mol. The highest BCUT2D eigenvalue weighted by Crippen LogP contribution is 2.18. The van der Waals surface area contributed by atoms with Crippen molar-refractivity contribution in [2.45, 2.75) is 26.5 Å². The van der Waals surface area contributed by atoms with Crippen molar-refractivity contribution in [2.24, 2.45) is 0 Å². The van der Waals surface area contributed by atoms with Gasteiger partial charge in [0.25, 0.3) is 5.91 Å². The molecule has 0 aliphatic heterocycles. The van der Waals surface area contributed by atoms with Crippen LogP contribution in [0.1, 0.15) is 28.5 Å². The average molecular weight is 371 g/mol. The minimum absolute atomic E-state index is 0.0582. The SMILES string of the molecule is CCc1c(C(=O)NCc2cccc(OC(F)F)c2)cnn1-c1ccccc1. The van der Waals surface area contributed by atoms with Crippen molar-refractivity contribution < 1.29 is 18.3 Å². The molecule has 1 N–H and O–H groups in total. The standard InChI is InChI=1S/C20H19F2N3O2/c1-2-18-17(13-24-25(18)15-8-4-3-5-9-15)19(26)23-12-14-7-6-10-16(11-14)27-20(21)22/h3-11,13,20H,2,12H2,1H3,(H,23,26). The number of rotatable bonds is 7. The van der Waals surface area contributed by atoms with Gasteiger partial charge in [0.15, 0.2) is 0 Å². The second-order valence-electron chi connectivity index (χ2n) is 5.81. The first-order chi connectivity index (χ1) is 13.1. The maximum absolute atomic E-state index is 12.6. The van der Waals surface area contributed by atoms with Gasteiger partial charge in [-0.25, -0.2) is 4.68 Å². The molecule has 3 aromatic rings.